The van der Waals surface area contributed by atoms with Gasteiger partial charge in [-0.15, -0.1) is 0 Å². The standard InChI is InChI=1S/C70H116O6/c1-4-7-10-13-16-19-22-25-27-28-29-30-31-32-33-34-35-36-37-38-39-40-41-42-43-46-48-51-54-57-60-63-69(72)75-66-67(65-74-68(71)62-59-56-53-50-47-44-24-21-18-15-12-9-6-3)76-70(73)64-61-58-55-52-49-45-26-23-20-17-14-11-8-5-2/h7,9-10,12,14,16-19,21,23,25-27,29-30,44,47,53,56,67H,4-6,8,11,13,15,20,22,24,28,31-43,45-46,48-52,54-55,57-66H2,1-3H3/b10-7-,12-9-,17-14-,19-16-,21-18-,26-23-,27-25-,30-29-,47-44-,56-53-. The molecular formula is C70H116O6. The van der Waals surface area contributed by atoms with Crippen LogP contribution >= 0.6 is 0 Å². The molecule has 1 unspecified atom stereocenters. The summed E-state index contributed by atoms with van der Waals surface area (Å²) < 4.78 is 16.8. The Morgan fingerprint density at radius 2 is 0.539 bits per heavy atom. The van der Waals surface area contributed by atoms with Gasteiger partial charge in [0.15, 0.2) is 6.10 Å². The Kier molecular flexibility index (Phi) is 59.9. The predicted molar refractivity (Wildman–Crippen MR) is 330 cm³/mol. The van der Waals surface area contributed by atoms with Gasteiger partial charge in [0, 0.05) is 19.3 Å². The smallest absolute Gasteiger partial charge is 0.306 e. The number of hydrogen-bond donors (Lipinski definition) is 0. The molecule has 0 spiro atoms. The Labute approximate surface area is 469 Å². The van der Waals surface area contributed by atoms with E-state index in [0.717, 1.165) is 116 Å². The zero-order valence-corrected chi connectivity index (χ0v) is 49.5. The van der Waals surface area contributed by atoms with Crippen molar-refractivity contribution in [1.29, 1.82) is 0 Å². The molecule has 0 fully saturated rings. The van der Waals surface area contributed by atoms with Crippen molar-refractivity contribution in [2.45, 2.75) is 290 Å². The van der Waals surface area contributed by atoms with Crippen LogP contribution in [0.4, 0.5) is 0 Å². The molecule has 6 heteroatoms. The van der Waals surface area contributed by atoms with Gasteiger partial charge < -0.3 is 14.2 Å². The topological polar surface area (TPSA) is 78.9 Å². The van der Waals surface area contributed by atoms with Gasteiger partial charge in [0.25, 0.3) is 0 Å². The predicted octanol–water partition coefficient (Wildman–Crippen LogP) is 21.6. The zero-order chi connectivity index (χ0) is 55.0. The summed E-state index contributed by atoms with van der Waals surface area (Å²) in [5.74, 6) is -1.00. The van der Waals surface area contributed by atoms with Crippen LogP contribution in [0, 0.1) is 0 Å². The van der Waals surface area contributed by atoms with Crippen LogP contribution in [0.1, 0.15) is 284 Å². The molecule has 6 nitrogen and oxygen atoms in total. The van der Waals surface area contributed by atoms with E-state index in [9.17, 15) is 14.4 Å². The normalized spacial score (nSPS) is 12.9. The molecule has 0 aliphatic heterocycles. The summed E-state index contributed by atoms with van der Waals surface area (Å²) in [6.45, 7) is 6.30. The minimum Gasteiger partial charge on any atom is -0.462 e. The molecule has 0 amide bonds. The molecule has 76 heavy (non-hydrogen) atoms. The molecule has 0 saturated heterocycles. The van der Waals surface area contributed by atoms with Crippen LogP contribution in [-0.2, 0) is 28.6 Å². The zero-order valence-electron chi connectivity index (χ0n) is 49.5. The molecule has 0 rings (SSSR count). The maximum absolute atomic E-state index is 12.8. The minimum atomic E-state index is -0.815. The molecule has 0 N–H and O–H groups in total. The highest BCUT2D eigenvalue weighted by Crippen LogP contribution is 2.16. The van der Waals surface area contributed by atoms with Crippen molar-refractivity contribution >= 4 is 17.9 Å². The molecule has 0 heterocycles. The van der Waals surface area contributed by atoms with Crippen molar-refractivity contribution in [1.82, 2.24) is 0 Å². The van der Waals surface area contributed by atoms with Crippen LogP contribution in [0.15, 0.2) is 122 Å². The van der Waals surface area contributed by atoms with E-state index in [1.165, 1.54) is 122 Å². The Morgan fingerprint density at radius 1 is 0.276 bits per heavy atom. The first-order valence-electron chi connectivity index (χ1n) is 31.5. The van der Waals surface area contributed by atoms with E-state index in [0.29, 0.717) is 19.3 Å². The van der Waals surface area contributed by atoms with Gasteiger partial charge >= 0.3 is 17.9 Å². The number of unbranched alkanes of at least 4 members (excludes halogenated alkanes) is 25. The molecule has 1 atom stereocenters. The van der Waals surface area contributed by atoms with Gasteiger partial charge in [-0.25, -0.2) is 0 Å². The summed E-state index contributed by atoms with van der Waals surface area (Å²) in [5.41, 5.74) is 0. The van der Waals surface area contributed by atoms with Crippen molar-refractivity contribution in [2.24, 2.45) is 0 Å². The molecule has 0 aromatic rings. The summed E-state index contributed by atoms with van der Waals surface area (Å²) in [6, 6.07) is 0. The van der Waals surface area contributed by atoms with Gasteiger partial charge in [0.05, 0.1) is 0 Å². The Balaban J connectivity index is 4.21. The molecule has 0 aromatic heterocycles. The first-order valence-corrected chi connectivity index (χ1v) is 31.5. The quantitative estimate of drug-likeness (QED) is 0.0261. The molecule has 0 radical (unpaired) electrons. The Bertz CT molecular complexity index is 1590. The average Bonchev–Trinajstić information content (AvgIpc) is 3.42. The number of carbonyl (C=O) groups excluding carboxylic acids is 3. The van der Waals surface area contributed by atoms with Gasteiger partial charge in [-0.2, -0.15) is 0 Å². The van der Waals surface area contributed by atoms with E-state index in [4.69, 9.17) is 14.2 Å². The third kappa shape index (κ3) is 60.7. The second-order valence-electron chi connectivity index (χ2n) is 20.5. The van der Waals surface area contributed by atoms with Gasteiger partial charge in [0.2, 0.25) is 0 Å². The SMILES string of the molecule is CC/C=C\C/C=C\C/C=C\C/C=C\CCCCCCCCCCCCCCCCCCCCC(=O)OCC(COC(=O)CC/C=C\C/C=C\C/C=C\C/C=C\CC)OC(=O)CCCCCCC/C=C\C/C=C\CCCC. The fraction of sp³-hybridized carbons (Fsp3) is 0.671. The van der Waals surface area contributed by atoms with E-state index in [1.807, 2.05) is 6.08 Å². The number of ether oxygens (including phenoxy) is 3. The van der Waals surface area contributed by atoms with E-state index >= 15 is 0 Å². The fourth-order valence-corrected chi connectivity index (χ4v) is 8.52. The summed E-state index contributed by atoms with van der Waals surface area (Å²) in [6.07, 6.45) is 88.1. The number of carbonyl (C=O) groups is 3. The van der Waals surface area contributed by atoms with Crippen molar-refractivity contribution in [2.75, 3.05) is 13.2 Å². The van der Waals surface area contributed by atoms with Crippen LogP contribution in [-0.4, -0.2) is 37.2 Å². The first-order chi connectivity index (χ1) is 37.5. The monoisotopic (exact) mass is 1050 g/mol. The molecular weight excluding hydrogens is 937 g/mol. The van der Waals surface area contributed by atoms with E-state index in [1.54, 1.807) is 0 Å². The third-order valence-electron chi connectivity index (χ3n) is 13.2. The van der Waals surface area contributed by atoms with Gasteiger partial charge in [-0.05, 0) is 109 Å². The second kappa shape index (κ2) is 63.3. The van der Waals surface area contributed by atoms with E-state index in [2.05, 4.69) is 136 Å². The summed E-state index contributed by atoms with van der Waals surface area (Å²) in [5, 5.41) is 0. The number of rotatable bonds is 56. The van der Waals surface area contributed by atoms with Crippen LogP contribution in [0.25, 0.3) is 0 Å². The van der Waals surface area contributed by atoms with Gasteiger partial charge in [-0.3, -0.25) is 14.4 Å². The molecule has 0 aliphatic rings. The second-order valence-corrected chi connectivity index (χ2v) is 20.5. The average molecular weight is 1050 g/mol. The van der Waals surface area contributed by atoms with Crippen LogP contribution < -0.4 is 0 Å². The highest BCUT2D eigenvalue weighted by molar-refractivity contribution is 5.71. The largest absolute Gasteiger partial charge is 0.462 e. The molecule has 0 saturated carbocycles. The van der Waals surface area contributed by atoms with Gasteiger partial charge in [0.1, 0.15) is 13.2 Å². The summed E-state index contributed by atoms with van der Waals surface area (Å²) >= 11 is 0. The van der Waals surface area contributed by atoms with Crippen LogP contribution in [0.3, 0.4) is 0 Å². The summed E-state index contributed by atoms with van der Waals surface area (Å²) in [4.78, 5) is 38.1. The highest BCUT2D eigenvalue weighted by Gasteiger charge is 2.19. The lowest BCUT2D eigenvalue weighted by Gasteiger charge is -2.18. The van der Waals surface area contributed by atoms with Crippen molar-refractivity contribution in [3.8, 4) is 0 Å². The molecule has 0 aromatic carbocycles. The van der Waals surface area contributed by atoms with Crippen molar-refractivity contribution in [3.63, 3.8) is 0 Å². The number of hydrogen-bond acceptors (Lipinski definition) is 6. The van der Waals surface area contributed by atoms with E-state index in [-0.39, 0.29) is 37.5 Å². The Hall–Kier alpha value is -4.19. The lowest BCUT2D eigenvalue weighted by molar-refractivity contribution is -0.166. The minimum absolute atomic E-state index is 0.106. The maximum atomic E-state index is 12.8. The number of allylic oxidation sites excluding steroid dienone is 20. The third-order valence-corrected chi connectivity index (χ3v) is 13.2. The highest BCUT2D eigenvalue weighted by atomic mass is 16.6. The van der Waals surface area contributed by atoms with Gasteiger partial charge in [-0.1, -0.05) is 277 Å². The fourth-order valence-electron chi connectivity index (χ4n) is 8.52. The molecule has 0 bridgehead atoms. The van der Waals surface area contributed by atoms with E-state index < -0.39 is 6.10 Å². The lowest BCUT2D eigenvalue weighted by atomic mass is 10.0. The number of esters is 3. The summed E-state index contributed by atoms with van der Waals surface area (Å²) in [7, 11) is 0. The van der Waals surface area contributed by atoms with Crippen molar-refractivity contribution < 1.29 is 28.6 Å². The molecule has 0 aliphatic carbocycles. The molecule has 432 valence electrons. The first kappa shape index (κ1) is 71.8. The van der Waals surface area contributed by atoms with Crippen LogP contribution in [0.2, 0.25) is 0 Å². The van der Waals surface area contributed by atoms with Crippen molar-refractivity contribution in [3.05, 3.63) is 122 Å². The maximum Gasteiger partial charge on any atom is 0.306 e. The lowest BCUT2D eigenvalue weighted by Crippen LogP contribution is -2.30. The van der Waals surface area contributed by atoms with Crippen LogP contribution in [0.5, 0.6) is 0 Å². The Morgan fingerprint density at radius 3 is 0.882 bits per heavy atom.